The zero-order valence-electron chi connectivity index (χ0n) is 10.6. The topological polar surface area (TPSA) is 37.0 Å². The van der Waals surface area contributed by atoms with E-state index in [4.69, 9.17) is 0 Å². The minimum absolute atomic E-state index is 0.00992. The summed E-state index contributed by atoms with van der Waals surface area (Å²) in [5, 5.41) is 10.6. The lowest BCUT2D eigenvalue weighted by Gasteiger charge is -2.28. The van der Waals surface area contributed by atoms with Gasteiger partial charge in [0, 0.05) is 30.2 Å². The molecular formula is C13H21N3S. The van der Waals surface area contributed by atoms with Gasteiger partial charge in [0.1, 0.15) is 5.01 Å². The third kappa shape index (κ3) is 2.26. The summed E-state index contributed by atoms with van der Waals surface area (Å²) < 4.78 is 0. The molecule has 2 aliphatic rings. The third-order valence-electron chi connectivity index (χ3n) is 4.21. The van der Waals surface area contributed by atoms with E-state index < -0.39 is 0 Å². The van der Waals surface area contributed by atoms with Gasteiger partial charge in [-0.05, 0) is 39.0 Å². The van der Waals surface area contributed by atoms with Gasteiger partial charge in [0.15, 0.2) is 0 Å². The molecule has 0 aromatic carbocycles. The molecule has 0 aliphatic carbocycles. The van der Waals surface area contributed by atoms with Crippen LogP contribution < -0.4 is 10.6 Å². The van der Waals surface area contributed by atoms with Crippen LogP contribution >= 0.6 is 11.3 Å². The predicted molar refractivity (Wildman–Crippen MR) is 71.2 cm³/mol. The first-order chi connectivity index (χ1) is 8.15. The number of hydrogen-bond acceptors (Lipinski definition) is 4. The molecule has 2 fully saturated rings. The maximum Gasteiger partial charge on any atom is 0.112 e. The smallest absolute Gasteiger partial charge is 0.112 e. The van der Waals surface area contributed by atoms with E-state index in [1.807, 2.05) is 6.20 Å². The summed E-state index contributed by atoms with van der Waals surface area (Å²) in [6.45, 7) is 5.57. The van der Waals surface area contributed by atoms with Crippen molar-refractivity contribution in [1.29, 1.82) is 0 Å². The summed E-state index contributed by atoms with van der Waals surface area (Å²) in [6.07, 6.45) is 6.00. The van der Waals surface area contributed by atoms with Gasteiger partial charge in [-0.3, -0.25) is 0 Å². The monoisotopic (exact) mass is 251 g/mol. The Morgan fingerprint density at radius 1 is 1.53 bits per heavy atom. The fraction of sp³-hybridized carbons (Fsp3) is 0.769. The number of nitrogens with zero attached hydrogens (tertiary/aromatic N) is 1. The molecule has 0 amide bonds. The molecule has 2 bridgehead atoms. The molecule has 4 heteroatoms. The predicted octanol–water partition coefficient (Wildman–Crippen LogP) is 2.11. The molecule has 3 atom stereocenters. The number of fused-ring (bicyclic) bond motifs is 2. The minimum Gasteiger partial charge on any atom is -0.311 e. The van der Waals surface area contributed by atoms with E-state index in [2.05, 4.69) is 34.8 Å². The summed E-state index contributed by atoms with van der Waals surface area (Å²) in [5.74, 6) is 0.813. The number of thiazole rings is 1. The molecule has 17 heavy (non-hydrogen) atoms. The van der Waals surface area contributed by atoms with Gasteiger partial charge >= 0.3 is 0 Å². The van der Waals surface area contributed by atoms with Crippen molar-refractivity contribution in [2.75, 3.05) is 6.54 Å². The fourth-order valence-electron chi connectivity index (χ4n) is 3.16. The summed E-state index contributed by atoms with van der Waals surface area (Å²) >= 11 is 1.74. The molecule has 1 aromatic heterocycles. The molecule has 0 radical (unpaired) electrons. The lowest BCUT2D eigenvalue weighted by Crippen LogP contribution is -2.42. The van der Waals surface area contributed by atoms with Crippen molar-refractivity contribution in [3.8, 4) is 0 Å². The Morgan fingerprint density at radius 2 is 2.41 bits per heavy atom. The largest absolute Gasteiger partial charge is 0.311 e. The third-order valence-corrected chi connectivity index (χ3v) is 5.30. The molecule has 0 saturated carbocycles. The van der Waals surface area contributed by atoms with Crippen molar-refractivity contribution in [2.24, 2.45) is 5.92 Å². The van der Waals surface area contributed by atoms with Crippen molar-refractivity contribution in [3.63, 3.8) is 0 Å². The molecule has 94 valence electrons. The van der Waals surface area contributed by atoms with Crippen LogP contribution in [0.2, 0.25) is 0 Å². The molecule has 1 aromatic rings. The SMILES string of the molecule is CC(C)(NCC1CC2CCC1N2)c1nccs1. The molecule has 2 N–H and O–H groups in total. The van der Waals surface area contributed by atoms with Crippen LogP contribution in [-0.2, 0) is 5.54 Å². The van der Waals surface area contributed by atoms with Crippen LogP contribution in [0, 0.1) is 5.92 Å². The quantitative estimate of drug-likeness (QED) is 0.860. The van der Waals surface area contributed by atoms with Gasteiger partial charge in [-0.1, -0.05) is 0 Å². The van der Waals surface area contributed by atoms with E-state index in [1.54, 1.807) is 11.3 Å². The molecule has 3 rings (SSSR count). The van der Waals surface area contributed by atoms with Gasteiger partial charge in [0.2, 0.25) is 0 Å². The van der Waals surface area contributed by atoms with Crippen LogP contribution in [-0.4, -0.2) is 23.6 Å². The van der Waals surface area contributed by atoms with Crippen molar-refractivity contribution in [3.05, 3.63) is 16.6 Å². The summed E-state index contributed by atoms with van der Waals surface area (Å²) in [6, 6.07) is 1.56. The Labute approximate surface area is 107 Å². The second-order valence-corrected chi connectivity index (χ2v) is 6.78. The van der Waals surface area contributed by atoms with Gasteiger partial charge in [-0.25, -0.2) is 4.98 Å². The highest BCUT2D eigenvalue weighted by Crippen LogP contribution is 2.33. The Kier molecular flexibility index (Phi) is 2.97. The summed E-state index contributed by atoms with van der Waals surface area (Å²) in [5.41, 5.74) is 0.00992. The molecule has 3 nitrogen and oxygen atoms in total. The molecule has 2 aliphatic heterocycles. The number of aromatic nitrogens is 1. The Hall–Kier alpha value is -0.450. The van der Waals surface area contributed by atoms with Crippen LogP contribution in [0.15, 0.2) is 11.6 Å². The maximum absolute atomic E-state index is 4.42. The number of rotatable bonds is 4. The zero-order valence-corrected chi connectivity index (χ0v) is 11.4. The van der Waals surface area contributed by atoms with E-state index in [9.17, 15) is 0 Å². The lowest BCUT2D eigenvalue weighted by atomic mass is 9.88. The molecule has 2 saturated heterocycles. The van der Waals surface area contributed by atoms with Crippen molar-refractivity contribution >= 4 is 11.3 Å². The highest BCUT2D eigenvalue weighted by atomic mass is 32.1. The van der Waals surface area contributed by atoms with Gasteiger partial charge in [0.25, 0.3) is 0 Å². The minimum atomic E-state index is 0.00992. The average molecular weight is 251 g/mol. The summed E-state index contributed by atoms with van der Waals surface area (Å²) in [4.78, 5) is 4.42. The number of nitrogens with one attached hydrogen (secondary N) is 2. The van der Waals surface area contributed by atoms with Crippen LogP contribution in [0.1, 0.15) is 38.1 Å². The standard InChI is InChI=1S/C13H21N3S/c1-13(2,12-14-5-6-17-12)15-8-9-7-10-3-4-11(9)16-10/h5-6,9-11,15-16H,3-4,7-8H2,1-2H3. The molecule has 3 unspecified atom stereocenters. The second-order valence-electron chi connectivity index (χ2n) is 5.89. The van der Waals surface area contributed by atoms with Crippen LogP contribution in [0.4, 0.5) is 0 Å². The molecule has 3 heterocycles. The highest BCUT2D eigenvalue weighted by Gasteiger charge is 2.39. The fourth-order valence-corrected chi connectivity index (χ4v) is 3.90. The van der Waals surface area contributed by atoms with E-state index >= 15 is 0 Å². The lowest BCUT2D eigenvalue weighted by molar-refractivity contribution is 0.317. The Bertz CT molecular complexity index is 374. The number of hydrogen-bond donors (Lipinski definition) is 2. The van der Waals surface area contributed by atoms with Crippen molar-refractivity contribution in [1.82, 2.24) is 15.6 Å². The summed E-state index contributed by atoms with van der Waals surface area (Å²) in [7, 11) is 0. The van der Waals surface area contributed by atoms with Crippen LogP contribution in [0.25, 0.3) is 0 Å². The van der Waals surface area contributed by atoms with E-state index in [1.165, 1.54) is 24.3 Å². The Balaban J connectivity index is 1.57. The van der Waals surface area contributed by atoms with E-state index in [-0.39, 0.29) is 5.54 Å². The Morgan fingerprint density at radius 3 is 3.00 bits per heavy atom. The van der Waals surface area contributed by atoms with Gasteiger partial charge in [-0.15, -0.1) is 11.3 Å². The highest BCUT2D eigenvalue weighted by molar-refractivity contribution is 7.09. The first-order valence-electron chi connectivity index (χ1n) is 6.56. The van der Waals surface area contributed by atoms with Crippen LogP contribution in [0.3, 0.4) is 0 Å². The first kappa shape index (κ1) is 11.6. The van der Waals surface area contributed by atoms with Crippen molar-refractivity contribution < 1.29 is 0 Å². The first-order valence-corrected chi connectivity index (χ1v) is 7.44. The van der Waals surface area contributed by atoms with Gasteiger partial charge in [-0.2, -0.15) is 0 Å². The normalized spacial score (nSPS) is 32.2. The van der Waals surface area contributed by atoms with E-state index in [0.29, 0.717) is 0 Å². The van der Waals surface area contributed by atoms with Gasteiger partial charge in [0.05, 0.1) is 5.54 Å². The van der Waals surface area contributed by atoms with Crippen molar-refractivity contribution in [2.45, 2.75) is 50.7 Å². The zero-order chi connectivity index (χ0) is 11.9. The maximum atomic E-state index is 4.42. The van der Waals surface area contributed by atoms with Gasteiger partial charge < -0.3 is 10.6 Å². The average Bonchev–Trinajstić information content (AvgIpc) is 3.02. The second kappa shape index (κ2) is 4.34. The van der Waals surface area contributed by atoms with Crippen LogP contribution in [0.5, 0.6) is 0 Å². The molecular weight excluding hydrogens is 230 g/mol. The van der Waals surface area contributed by atoms with E-state index in [0.717, 1.165) is 24.5 Å². The molecule has 0 spiro atoms.